The van der Waals surface area contributed by atoms with E-state index in [1.807, 2.05) is 6.92 Å². The van der Waals surface area contributed by atoms with Gasteiger partial charge in [0.05, 0.1) is 6.61 Å². The number of aliphatic hydroxyl groups is 1. The molecule has 5 nitrogen and oxygen atoms in total. The highest BCUT2D eigenvalue weighted by Crippen LogP contribution is 1.93. The molecule has 0 aromatic heterocycles. The van der Waals surface area contributed by atoms with E-state index in [1.54, 1.807) is 6.92 Å². The first kappa shape index (κ1) is 14.4. The van der Waals surface area contributed by atoms with Crippen LogP contribution in [0.15, 0.2) is 0 Å². The van der Waals surface area contributed by atoms with E-state index in [0.717, 1.165) is 12.8 Å². The molecule has 0 saturated carbocycles. The molecule has 0 radical (unpaired) electrons. The van der Waals surface area contributed by atoms with Gasteiger partial charge in [0, 0.05) is 6.42 Å². The number of rotatable bonds is 5. The second kappa shape index (κ2) is 8.66. The van der Waals surface area contributed by atoms with Crippen LogP contribution in [0.1, 0.15) is 33.1 Å². The highest BCUT2D eigenvalue weighted by atomic mass is 16.5. The lowest BCUT2D eigenvalue weighted by Crippen LogP contribution is -2.30. The maximum Gasteiger partial charge on any atom is 0.421 e. The summed E-state index contributed by atoms with van der Waals surface area (Å²) in [5.74, 6) is 4.26. The minimum Gasteiger partial charge on any atom is -0.457 e. The predicted molar refractivity (Wildman–Crippen MR) is 58.6 cm³/mol. The second-order valence-corrected chi connectivity index (χ2v) is 3.03. The summed E-state index contributed by atoms with van der Waals surface area (Å²) in [7, 11) is 0. The van der Waals surface area contributed by atoms with Gasteiger partial charge < -0.3 is 15.4 Å². The Morgan fingerprint density at radius 1 is 1.56 bits per heavy atom. The molecule has 1 unspecified atom stereocenters. The van der Waals surface area contributed by atoms with Gasteiger partial charge in [-0.3, -0.25) is 0 Å². The normalized spacial score (nSPS) is 10.7. The van der Waals surface area contributed by atoms with Crippen molar-refractivity contribution >= 4 is 11.7 Å². The maximum absolute atomic E-state index is 11.2. The molecule has 0 amide bonds. The molecule has 0 aliphatic heterocycles. The highest BCUT2D eigenvalue weighted by Gasteiger charge is 2.29. The molecule has 0 saturated heterocycles. The Hall–Kier alpha value is -1.63. The molecule has 5 heteroatoms. The molecule has 0 aromatic carbocycles. The standard InChI is InChI=1S/C11H16N2O3/c1-3-5-6-7-8-9(14)10(13-12)11(15)16-4-2/h9,14H,3-6H2,1-2H3. The quantitative estimate of drug-likeness (QED) is 0.187. The largest absolute Gasteiger partial charge is 0.457 e. The van der Waals surface area contributed by atoms with Crippen molar-refractivity contribution in [1.82, 2.24) is 0 Å². The number of aliphatic hydroxyl groups excluding tert-OH is 1. The Labute approximate surface area is 95.0 Å². The van der Waals surface area contributed by atoms with Crippen LogP contribution in [-0.2, 0) is 9.53 Å². The van der Waals surface area contributed by atoms with E-state index in [1.165, 1.54) is 0 Å². The summed E-state index contributed by atoms with van der Waals surface area (Å²) in [4.78, 5) is 13.9. The number of unbranched alkanes of at least 4 members (excludes halogenated alkanes) is 2. The fourth-order valence-corrected chi connectivity index (χ4v) is 0.915. The summed E-state index contributed by atoms with van der Waals surface area (Å²) in [6, 6.07) is 0. The van der Waals surface area contributed by atoms with Gasteiger partial charge in [-0.15, -0.1) is 0 Å². The number of ether oxygens (including phenoxy) is 1. The van der Waals surface area contributed by atoms with E-state index in [9.17, 15) is 9.90 Å². The zero-order valence-corrected chi connectivity index (χ0v) is 9.56. The monoisotopic (exact) mass is 224 g/mol. The van der Waals surface area contributed by atoms with Gasteiger partial charge >= 0.3 is 11.7 Å². The third-order valence-electron chi connectivity index (χ3n) is 1.75. The van der Waals surface area contributed by atoms with Gasteiger partial charge in [0.1, 0.15) is 0 Å². The molecule has 0 aromatic rings. The Balaban J connectivity index is 4.42. The summed E-state index contributed by atoms with van der Waals surface area (Å²) < 4.78 is 4.59. The van der Waals surface area contributed by atoms with Crippen molar-refractivity contribution in [3.63, 3.8) is 0 Å². The Morgan fingerprint density at radius 3 is 2.75 bits per heavy atom. The lowest BCUT2D eigenvalue weighted by atomic mass is 10.2. The van der Waals surface area contributed by atoms with Crippen LogP contribution in [0, 0.1) is 11.8 Å². The molecule has 1 atom stereocenters. The summed E-state index contributed by atoms with van der Waals surface area (Å²) in [6.45, 7) is 3.79. The van der Waals surface area contributed by atoms with Gasteiger partial charge in [0.2, 0.25) is 6.10 Å². The number of hydrogen-bond donors (Lipinski definition) is 1. The summed E-state index contributed by atoms with van der Waals surface area (Å²) in [5.41, 5.74) is 8.07. The van der Waals surface area contributed by atoms with E-state index in [4.69, 9.17) is 5.53 Å². The first-order valence-corrected chi connectivity index (χ1v) is 5.22. The van der Waals surface area contributed by atoms with Crippen LogP contribution in [0.2, 0.25) is 0 Å². The molecule has 0 aliphatic carbocycles. The molecule has 1 N–H and O–H groups in total. The van der Waals surface area contributed by atoms with Gasteiger partial charge in [-0.2, -0.15) is 4.79 Å². The van der Waals surface area contributed by atoms with Crippen molar-refractivity contribution in [2.75, 3.05) is 6.61 Å². The van der Waals surface area contributed by atoms with E-state index in [0.29, 0.717) is 6.42 Å². The Morgan fingerprint density at radius 2 is 2.25 bits per heavy atom. The van der Waals surface area contributed by atoms with E-state index >= 15 is 0 Å². The van der Waals surface area contributed by atoms with E-state index in [2.05, 4.69) is 21.4 Å². The molecule has 16 heavy (non-hydrogen) atoms. The van der Waals surface area contributed by atoms with Gasteiger partial charge in [-0.25, -0.2) is 4.79 Å². The van der Waals surface area contributed by atoms with Gasteiger partial charge in [0.25, 0.3) is 0 Å². The molecule has 88 valence electrons. The number of hydrogen-bond acceptors (Lipinski definition) is 3. The van der Waals surface area contributed by atoms with Crippen LogP contribution in [-0.4, -0.2) is 34.3 Å². The predicted octanol–water partition coefficient (Wildman–Crippen LogP) is 0.775. The fourth-order valence-electron chi connectivity index (χ4n) is 0.915. The van der Waals surface area contributed by atoms with Crippen molar-refractivity contribution in [3.8, 4) is 11.8 Å². The van der Waals surface area contributed by atoms with Crippen molar-refractivity contribution in [2.24, 2.45) is 0 Å². The number of carbonyl (C=O) groups is 1. The molecular formula is C11H16N2O3. The molecular weight excluding hydrogens is 208 g/mol. The van der Waals surface area contributed by atoms with Crippen LogP contribution in [0.5, 0.6) is 0 Å². The Kier molecular flexibility index (Phi) is 7.78. The third-order valence-corrected chi connectivity index (χ3v) is 1.75. The van der Waals surface area contributed by atoms with Crippen molar-refractivity contribution in [1.29, 1.82) is 0 Å². The van der Waals surface area contributed by atoms with Crippen molar-refractivity contribution in [2.45, 2.75) is 39.2 Å². The van der Waals surface area contributed by atoms with E-state index < -0.39 is 17.8 Å². The SMILES string of the molecule is CCCCC#CC(O)C(=[N+]=[N-])C(=O)OCC. The average Bonchev–Trinajstić information content (AvgIpc) is 2.26. The third kappa shape index (κ3) is 5.30. The number of esters is 1. The molecule has 0 rings (SSSR count). The fraction of sp³-hybridized carbons (Fsp3) is 0.636. The minimum absolute atomic E-state index is 0.147. The van der Waals surface area contributed by atoms with Crippen LogP contribution in [0.4, 0.5) is 0 Å². The van der Waals surface area contributed by atoms with Crippen molar-refractivity contribution in [3.05, 3.63) is 5.53 Å². The smallest absolute Gasteiger partial charge is 0.421 e. The van der Waals surface area contributed by atoms with Gasteiger partial charge in [0.15, 0.2) is 0 Å². The number of nitrogens with zero attached hydrogens (tertiary/aromatic N) is 2. The van der Waals surface area contributed by atoms with Crippen LogP contribution >= 0.6 is 0 Å². The Bertz CT molecular complexity index is 335. The molecule has 0 heterocycles. The maximum atomic E-state index is 11.2. The second-order valence-electron chi connectivity index (χ2n) is 3.03. The first-order valence-electron chi connectivity index (χ1n) is 5.22. The highest BCUT2D eigenvalue weighted by molar-refractivity contribution is 6.36. The molecule has 0 fully saturated rings. The summed E-state index contributed by atoms with van der Waals surface area (Å²) in [6.07, 6.45) is 1.16. The number of carbonyl (C=O) groups excluding carboxylic acids is 1. The summed E-state index contributed by atoms with van der Waals surface area (Å²) >= 11 is 0. The molecule has 0 aliphatic rings. The van der Waals surface area contributed by atoms with Gasteiger partial charge in [-0.1, -0.05) is 25.2 Å². The summed E-state index contributed by atoms with van der Waals surface area (Å²) in [5, 5.41) is 9.44. The molecule has 0 bridgehead atoms. The topological polar surface area (TPSA) is 82.9 Å². The van der Waals surface area contributed by atoms with Crippen LogP contribution in [0.25, 0.3) is 5.53 Å². The van der Waals surface area contributed by atoms with Crippen LogP contribution < -0.4 is 0 Å². The first-order chi connectivity index (χ1) is 7.67. The zero-order valence-electron chi connectivity index (χ0n) is 9.56. The minimum atomic E-state index is -1.40. The zero-order chi connectivity index (χ0) is 12.4. The van der Waals surface area contributed by atoms with E-state index in [-0.39, 0.29) is 6.61 Å². The lowest BCUT2D eigenvalue weighted by Gasteiger charge is -1.98. The van der Waals surface area contributed by atoms with Crippen molar-refractivity contribution < 1.29 is 19.4 Å². The molecule has 0 spiro atoms. The van der Waals surface area contributed by atoms with Crippen LogP contribution in [0.3, 0.4) is 0 Å². The average molecular weight is 224 g/mol. The lowest BCUT2D eigenvalue weighted by molar-refractivity contribution is -0.140. The van der Waals surface area contributed by atoms with Gasteiger partial charge in [-0.05, 0) is 13.3 Å².